The molecule has 0 spiro atoms. The molecule has 1 aromatic carbocycles. The van der Waals surface area contributed by atoms with Crippen LogP contribution in [0.15, 0.2) is 24.3 Å². The molecule has 4 rings (SSSR count). The molecule has 1 amide bonds. The van der Waals surface area contributed by atoms with Crippen molar-refractivity contribution in [2.75, 3.05) is 26.3 Å². The van der Waals surface area contributed by atoms with Gasteiger partial charge in [-0.05, 0) is 30.0 Å². The average molecular weight is 414 g/mol. The summed E-state index contributed by atoms with van der Waals surface area (Å²) in [6, 6.07) is 7.21. The predicted octanol–water partition coefficient (Wildman–Crippen LogP) is 1.89. The van der Waals surface area contributed by atoms with E-state index in [2.05, 4.69) is 38.8 Å². The van der Waals surface area contributed by atoms with Gasteiger partial charge in [-0.2, -0.15) is 0 Å². The number of phenols is 1. The molecule has 162 valence electrons. The lowest BCUT2D eigenvalue weighted by atomic mass is 10.0. The van der Waals surface area contributed by atoms with Crippen LogP contribution in [0, 0.1) is 11.8 Å². The maximum Gasteiger partial charge on any atom is 0.226 e. The molecule has 2 atom stereocenters. The highest BCUT2D eigenvalue weighted by Gasteiger charge is 2.31. The van der Waals surface area contributed by atoms with E-state index in [1.54, 1.807) is 12.1 Å². The summed E-state index contributed by atoms with van der Waals surface area (Å²) in [6.45, 7) is 8.77. The number of ether oxygens (including phenoxy) is 1. The minimum atomic E-state index is -0.164. The minimum absolute atomic E-state index is 0.0473. The van der Waals surface area contributed by atoms with Crippen molar-refractivity contribution in [3.05, 3.63) is 41.5 Å². The average Bonchev–Trinajstić information content (AvgIpc) is 3.36. The molecule has 8 heteroatoms. The summed E-state index contributed by atoms with van der Waals surface area (Å²) in [4.78, 5) is 15.1. The summed E-state index contributed by atoms with van der Waals surface area (Å²) >= 11 is 0. The molecule has 1 aromatic heterocycles. The Bertz CT molecular complexity index is 858. The number of hydrogen-bond donors (Lipinski definition) is 2. The molecule has 8 nitrogen and oxygen atoms in total. The maximum absolute atomic E-state index is 12.7. The SMILES string of the molecule is CC(C)[C@@H](NC(=O)[C@H]1CCOC1)c1nnc2n1CCN(Cc1ccc(O)cc1)CC2. The Morgan fingerprint density at radius 1 is 1.23 bits per heavy atom. The third-order valence-corrected chi connectivity index (χ3v) is 6.03. The topological polar surface area (TPSA) is 92.5 Å². The molecular weight excluding hydrogens is 382 g/mol. The van der Waals surface area contributed by atoms with Crippen molar-refractivity contribution in [3.63, 3.8) is 0 Å². The molecule has 2 aromatic rings. The first-order valence-corrected chi connectivity index (χ1v) is 10.8. The van der Waals surface area contributed by atoms with Crippen molar-refractivity contribution in [2.45, 2.75) is 45.8 Å². The summed E-state index contributed by atoms with van der Waals surface area (Å²) in [6.07, 6.45) is 1.60. The van der Waals surface area contributed by atoms with Crippen molar-refractivity contribution in [2.24, 2.45) is 11.8 Å². The van der Waals surface area contributed by atoms with Crippen molar-refractivity contribution in [1.29, 1.82) is 0 Å². The van der Waals surface area contributed by atoms with Gasteiger partial charge in [-0.15, -0.1) is 10.2 Å². The molecule has 2 aliphatic heterocycles. The van der Waals surface area contributed by atoms with E-state index in [0.717, 1.165) is 50.7 Å². The summed E-state index contributed by atoms with van der Waals surface area (Å²) in [7, 11) is 0. The number of fused-ring (bicyclic) bond motifs is 1. The van der Waals surface area contributed by atoms with E-state index < -0.39 is 0 Å². The van der Waals surface area contributed by atoms with Gasteiger partial charge in [0, 0.05) is 39.2 Å². The van der Waals surface area contributed by atoms with E-state index >= 15 is 0 Å². The van der Waals surface area contributed by atoms with Crippen LogP contribution < -0.4 is 5.32 Å². The van der Waals surface area contributed by atoms with Gasteiger partial charge in [-0.1, -0.05) is 26.0 Å². The van der Waals surface area contributed by atoms with Crippen molar-refractivity contribution >= 4 is 5.91 Å². The fourth-order valence-electron chi connectivity index (χ4n) is 4.18. The highest BCUT2D eigenvalue weighted by Crippen LogP contribution is 2.24. The third kappa shape index (κ3) is 4.65. The Morgan fingerprint density at radius 2 is 2.03 bits per heavy atom. The van der Waals surface area contributed by atoms with E-state index in [1.165, 1.54) is 5.56 Å². The van der Waals surface area contributed by atoms with Crippen LogP contribution in [-0.4, -0.2) is 57.0 Å². The zero-order valence-corrected chi connectivity index (χ0v) is 17.8. The second-order valence-electron chi connectivity index (χ2n) is 8.61. The lowest BCUT2D eigenvalue weighted by molar-refractivity contribution is -0.126. The van der Waals surface area contributed by atoms with Gasteiger partial charge in [0.25, 0.3) is 0 Å². The zero-order valence-electron chi connectivity index (χ0n) is 17.8. The minimum Gasteiger partial charge on any atom is -0.508 e. The second kappa shape index (κ2) is 9.14. The van der Waals surface area contributed by atoms with E-state index in [4.69, 9.17) is 4.74 Å². The van der Waals surface area contributed by atoms with E-state index in [1.807, 2.05) is 12.1 Å². The number of aromatic hydroxyl groups is 1. The van der Waals surface area contributed by atoms with Crippen LogP contribution in [-0.2, 0) is 29.0 Å². The van der Waals surface area contributed by atoms with E-state index in [-0.39, 0.29) is 29.5 Å². The Labute approximate surface area is 177 Å². The third-order valence-electron chi connectivity index (χ3n) is 6.03. The highest BCUT2D eigenvalue weighted by molar-refractivity contribution is 5.79. The van der Waals surface area contributed by atoms with Gasteiger partial charge in [0.2, 0.25) is 5.91 Å². The van der Waals surface area contributed by atoms with Crippen LogP contribution in [0.5, 0.6) is 5.75 Å². The summed E-state index contributed by atoms with van der Waals surface area (Å²) < 4.78 is 7.56. The normalized spacial score (nSPS) is 20.7. The quantitative estimate of drug-likeness (QED) is 0.751. The molecular formula is C22H31N5O3. The number of rotatable bonds is 6. The Hall–Kier alpha value is -2.45. The molecule has 1 saturated heterocycles. The van der Waals surface area contributed by atoms with E-state index in [0.29, 0.717) is 13.2 Å². The Kier molecular flexibility index (Phi) is 6.34. The summed E-state index contributed by atoms with van der Waals surface area (Å²) in [5, 5.41) is 21.6. The fourth-order valence-corrected chi connectivity index (χ4v) is 4.18. The molecule has 0 saturated carbocycles. The van der Waals surface area contributed by atoms with Crippen LogP contribution in [0.25, 0.3) is 0 Å². The van der Waals surface area contributed by atoms with Crippen LogP contribution in [0.2, 0.25) is 0 Å². The van der Waals surface area contributed by atoms with Crippen LogP contribution >= 0.6 is 0 Å². The lowest BCUT2D eigenvalue weighted by Crippen LogP contribution is -2.38. The number of aromatic nitrogens is 3. The Morgan fingerprint density at radius 3 is 2.73 bits per heavy atom. The summed E-state index contributed by atoms with van der Waals surface area (Å²) in [5.41, 5.74) is 1.18. The molecule has 30 heavy (non-hydrogen) atoms. The Balaban J connectivity index is 1.45. The molecule has 0 bridgehead atoms. The standard InChI is InChI=1S/C22H31N5O3/c1-15(2)20(23-22(29)17-8-12-30-14-17)21-25-24-19-7-9-26(10-11-27(19)21)13-16-3-5-18(28)6-4-16/h3-6,15,17,20,28H,7-14H2,1-2H3,(H,23,29)/t17-,20+/m0/s1. The number of amides is 1. The predicted molar refractivity (Wildman–Crippen MR) is 112 cm³/mol. The van der Waals surface area contributed by atoms with Gasteiger partial charge in [-0.3, -0.25) is 9.69 Å². The molecule has 3 heterocycles. The molecule has 0 unspecified atom stereocenters. The van der Waals surface area contributed by atoms with Gasteiger partial charge in [0.05, 0.1) is 18.6 Å². The second-order valence-corrected chi connectivity index (χ2v) is 8.61. The van der Waals surface area contributed by atoms with Crippen LogP contribution in [0.1, 0.15) is 43.5 Å². The lowest BCUT2D eigenvalue weighted by Gasteiger charge is -2.24. The van der Waals surface area contributed by atoms with Gasteiger partial charge in [-0.25, -0.2) is 0 Å². The van der Waals surface area contributed by atoms with Gasteiger partial charge >= 0.3 is 0 Å². The monoisotopic (exact) mass is 413 g/mol. The number of phenolic OH excluding ortho intramolecular Hbond substituents is 1. The smallest absolute Gasteiger partial charge is 0.226 e. The highest BCUT2D eigenvalue weighted by atomic mass is 16.5. The van der Waals surface area contributed by atoms with Crippen LogP contribution in [0.4, 0.5) is 0 Å². The number of benzene rings is 1. The zero-order chi connectivity index (χ0) is 21.1. The first-order chi connectivity index (χ1) is 14.5. The molecule has 1 fully saturated rings. The molecule has 0 radical (unpaired) electrons. The van der Waals surface area contributed by atoms with Crippen molar-refractivity contribution in [3.8, 4) is 5.75 Å². The maximum atomic E-state index is 12.7. The van der Waals surface area contributed by atoms with E-state index in [9.17, 15) is 9.90 Å². The van der Waals surface area contributed by atoms with Crippen molar-refractivity contribution < 1.29 is 14.6 Å². The number of carbonyl (C=O) groups excluding carboxylic acids is 1. The number of carbonyl (C=O) groups is 1. The largest absolute Gasteiger partial charge is 0.508 e. The van der Waals surface area contributed by atoms with Crippen molar-refractivity contribution in [1.82, 2.24) is 25.0 Å². The number of nitrogens with one attached hydrogen (secondary N) is 1. The fraction of sp³-hybridized carbons (Fsp3) is 0.591. The van der Waals surface area contributed by atoms with Gasteiger partial charge < -0.3 is 19.7 Å². The molecule has 2 N–H and O–H groups in total. The molecule has 0 aliphatic carbocycles. The van der Waals surface area contributed by atoms with Gasteiger partial charge in [0.15, 0.2) is 5.82 Å². The first-order valence-electron chi connectivity index (χ1n) is 10.8. The summed E-state index contributed by atoms with van der Waals surface area (Å²) in [5.74, 6) is 2.29. The number of nitrogens with zero attached hydrogens (tertiary/aromatic N) is 4. The number of hydrogen-bond acceptors (Lipinski definition) is 6. The first kappa shape index (κ1) is 20.8. The van der Waals surface area contributed by atoms with Gasteiger partial charge in [0.1, 0.15) is 11.6 Å². The van der Waals surface area contributed by atoms with Crippen LogP contribution in [0.3, 0.4) is 0 Å². The molecule has 2 aliphatic rings.